The van der Waals surface area contributed by atoms with Crippen LogP contribution in [0.15, 0.2) is 55.1 Å². The lowest BCUT2D eigenvalue weighted by atomic mass is 10.1. The normalized spacial score (nSPS) is 11.5. The van der Waals surface area contributed by atoms with Gasteiger partial charge in [-0.2, -0.15) is 0 Å². The van der Waals surface area contributed by atoms with E-state index < -0.39 is 0 Å². The van der Waals surface area contributed by atoms with Crippen molar-refractivity contribution in [3.05, 3.63) is 60.7 Å². The Kier molecular flexibility index (Phi) is 10.8. The summed E-state index contributed by atoms with van der Waals surface area (Å²) in [5.74, 6) is 0.349. The minimum atomic E-state index is 0.349. The highest BCUT2D eigenvalue weighted by Gasteiger charge is 1.92. The Labute approximate surface area is 136 Å². The first-order chi connectivity index (χ1) is 10.8. The Hall–Kier alpha value is -1.76. The fourth-order valence-electron chi connectivity index (χ4n) is 2.35. The smallest absolute Gasteiger partial charge is 0.122 e. The number of hydrogen-bond donors (Lipinski definition) is 1. The van der Waals surface area contributed by atoms with Gasteiger partial charge in [0.2, 0.25) is 0 Å². The molecule has 0 atom stereocenters. The van der Waals surface area contributed by atoms with E-state index >= 15 is 0 Å². The number of benzene rings is 1. The van der Waals surface area contributed by atoms with Gasteiger partial charge in [0, 0.05) is 5.56 Å². The van der Waals surface area contributed by atoms with Crippen LogP contribution in [0.3, 0.4) is 0 Å². The minimum Gasteiger partial charge on any atom is -0.507 e. The summed E-state index contributed by atoms with van der Waals surface area (Å²) >= 11 is 0. The number of rotatable bonds is 12. The highest BCUT2D eigenvalue weighted by atomic mass is 16.3. The van der Waals surface area contributed by atoms with E-state index in [0.29, 0.717) is 5.75 Å². The van der Waals surface area contributed by atoms with Crippen LogP contribution in [0.5, 0.6) is 5.75 Å². The number of phenolic OH excluding ortho intramolecular Hbond substituents is 1. The SMILES string of the molecule is C=CCCCCCCC/C=C/CC/C=C/c1ccccc1O. The van der Waals surface area contributed by atoms with Gasteiger partial charge in [0.15, 0.2) is 0 Å². The van der Waals surface area contributed by atoms with Crippen molar-refractivity contribution in [2.45, 2.75) is 57.8 Å². The zero-order valence-corrected chi connectivity index (χ0v) is 13.7. The van der Waals surface area contributed by atoms with E-state index in [9.17, 15) is 5.11 Å². The van der Waals surface area contributed by atoms with Crippen molar-refractivity contribution < 1.29 is 5.11 Å². The van der Waals surface area contributed by atoms with Gasteiger partial charge in [0.25, 0.3) is 0 Å². The van der Waals surface area contributed by atoms with Crippen LogP contribution in [0, 0.1) is 0 Å². The number of hydrogen-bond acceptors (Lipinski definition) is 1. The Bertz CT molecular complexity index is 457. The lowest BCUT2D eigenvalue weighted by molar-refractivity contribution is 0.474. The van der Waals surface area contributed by atoms with Crippen molar-refractivity contribution >= 4 is 6.08 Å². The molecule has 0 bridgehead atoms. The molecule has 120 valence electrons. The maximum absolute atomic E-state index is 9.63. The van der Waals surface area contributed by atoms with Crippen LogP contribution < -0.4 is 0 Å². The molecule has 1 heteroatoms. The first-order valence-corrected chi connectivity index (χ1v) is 8.55. The summed E-state index contributed by atoms with van der Waals surface area (Å²) in [5.41, 5.74) is 0.892. The molecular weight excluding hydrogens is 268 g/mol. The molecule has 0 aliphatic heterocycles. The molecule has 0 aromatic heterocycles. The van der Waals surface area contributed by atoms with Crippen molar-refractivity contribution in [1.29, 1.82) is 0 Å². The second-order valence-electron chi connectivity index (χ2n) is 5.64. The van der Waals surface area contributed by atoms with Gasteiger partial charge in [-0.15, -0.1) is 6.58 Å². The molecule has 0 radical (unpaired) electrons. The fraction of sp³-hybridized carbons (Fsp3) is 0.429. The van der Waals surface area contributed by atoms with E-state index in [1.54, 1.807) is 6.07 Å². The standard InChI is InChI=1S/C21H30O/c1-2-3-4-5-6-7-8-9-10-11-12-13-14-17-20-18-15-16-19-21(20)22/h2,10-11,14-19,22H,1,3-9,12-13H2/b11-10+,17-14+. The van der Waals surface area contributed by atoms with Gasteiger partial charge in [-0.05, 0) is 44.6 Å². The molecule has 0 amide bonds. The topological polar surface area (TPSA) is 20.2 Å². The molecule has 0 aliphatic carbocycles. The van der Waals surface area contributed by atoms with Gasteiger partial charge < -0.3 is 5.11 Å². The summed E-state index contributed by atoms with van der Waals surface area (Å²) in [6.45, 7) is 3.74. The maximum Gasteiger partial charge on any atom is 0.122 e. The van der Waals surface area contributed by atoms with Gasteiger partial charge in [-0.1, -0.05) is 67.8 Å². The van der Waals surface area contributed by atoms with Gasteiger partial charge in [-0.3, -0.25) is 0 Å². The second-order valence-corrected chi connectivity index (χ2v) is 5.64. The van der Waals surface area contributed by atoms with Crippen molar-refractivity contribution in [2.75, 3.05) is 0 Å². The molecule has 1 aromatic rings. The molecular formula is C21H30O. The summed E-state index contributed by atoms with van der Waals surface area (Å²) in [6.07, 6.45) is 21.8. The van der Waals surface area contributed by atoms with Gasteiger partial charge in [0.05, 0.1) is 0 Å². The van der Waals surface area contributed by atoms with Crippen molar-refractivity contribution in [3.63, 3.8) is 0 Å². The predicted molar refractivity (Wildman–Crippen MR) is 98.0 cm³/mol. The molecule has 0 fully saturated rings. The minimum absolute atomic E-state index is 0.349. The fourth-order valence-corrected chi connectivity index (χ4v) is 2.35. The van der Waals surface area contributed by atoms with E-state index in [2.05, 4.69) is 24.8 Å². The quantitative estimate of drug-likeness (QED) is 0.338. The molecule has 1 rings (SSSR count). The third-order valence-corrected chi connectivity index (χ3v) is 3.68. The van der Waals surface area contributed by atoms with Crippen molar-refractivity contribution in [1.82, 2.24) is 0 Å². The second kappa shape index (κ2) is 12.9. The number of phenols is 1. The molecule has 0 unspecified atom stereocenters. The Morgan fingerprint density at radius 1 is 0.773 bits per heavy atom. The van der Waals surface area contributed by atoms with E-state index in [1.165, 1.54) is 38.5 Å². The van der Waals surface area contributed by atoms with Crippen molar-refractivity contribution in [3.8, 4) is 5.75 Å². The number of para-hydroxylation sites is 1. The lowest BCUT2D eigenvalue weighted by Gasteiger charge is -1.98. The average Bonchev–Trinajstić information content (AvgIpc) is 2.53. The number of allylic oxidation sites excluding steroid dienone is 4. The number of unbranched alkanes of at least 4 members (excludes halogenated alkanes) is 7. The van der Waals surface area contributed by atoms with E-state index in [4.69, 9.17) is 0 Å². The first-order valence-electron chi connectivity index (χ1n) is 8.55. The third kappa shape index (κ3) is 9.23. The van der Waals surface area contributed by atoms with Gasteiger partial charge >= 0.3 is 0 Å². The van der Waals surface area contributed by atoms with Gasteiger partial charge in [0.1, 0.15) is 5.75 Å². The molecule has 1 N–H and O–H groups in total. The lowest BCUT2D eigenvalue weighted by Crippen LogP contribution is -1.78. The molecule has 22 heavy (non-hydrogen) atoms. The van der Waals surface area contributed by atoms with E-state index in [-0.39, 0.29) is 0 Å². The monoisotopic (exact) mass is 298 g/mol. The zero-order chi connectivity index (χ0) is 15.9. The van der Waals surface area contributed by atoms with Crippen LogP contribution >= 0.6 is 0 Å². The summed E-state index contributed by atoms with van der Waals surface area (Å²) in [5, 5.41) is 9.63. The van der Waals surface area contributed by atoms with Crippen LogP contribution in [0.25, 0.3) is 6.08 Å². The number of aromatic hydroxyl groups is 1. The largest absolute Gasteiger partial charge is 0.507 e. The molecule has 1 aromatic carbocycles. The Balaban J connectivity index is 1.98. The van der Waals surface area contributed by atoms with Crippen LogP contribution in [0.4, 0.5) is 0 Å². The summed E-state index contributed by atoms with van der Waals surface area (Å²) in [4.78, 5) is 0. The highest BCUT2D eigenvalue weighted by Crippen LogP contribution is 2.17. The van der Waals surface area contributed by atoms with Gasteiger partial charge in [-0.25, -0.2) is 0 Å². The maximum atomic E-state index is 9.63. The van der Waals surface area contributed by atoms with Crippen LogP contribution in [0.1, 0.15) is 63.4 Å². The summed E-state index contributed by atoms with van der Waals surface area (Å²) < 4.78 is 0. The predicted octanol–water partition coefficient (Wildman–Crippen LogP) is 6.66. The molecule has 0 spiro atoms. The third-order valence-electron chi connectivity index (χ3n) is 3.68. The highest BCUT2D eigenvalue weighted by molar-refractivity contribution is 5.56. The molecule has 0 saturated carbocycles. The average molecular weight is 298 g/mol. The molecule has 0 saturated heterocycles. The van der Waals surface area contributed by atoms with Crippen LogP contribution in [-0.2, 0) is 0 Å². The molecule has 0 heterocycles. The molecule has 0 aliphatic rings. The Morgan fingerprint density at radius 3 is 2.18 bits per heavy atom. The zero-order valence-electron chi connectivity index (χ0n) is 13.7. The first kappa shape index (κ1) is 18.3. The molecule has 1 nitrogen and oxygen atoms in total. The Morgan fingerprint density at radius 2 is 1.41 bits per heavy atom. The van der Waals surface area contributed by atoms with E-state index in [0.717, 1.165) is 24.8 Å². The van der Waals surface area contributed by atoms with Crippen LogP contribution in [-0.4, -0.2) is 5.11 Å². The summed E-state index contributed by atoms with van der Waals surface area (Å²) in [7, 11) is 0. The summed E-state index contributed by atoms with van der Waals surface area (Å²) in [6, 6.07) is 7.43. The van der Waals surface area contributed by atoms with Crippen LogP contribution in [0.2, 0.25) is 0 Å². The van der Waals surface area contributed by atoms with E-state index in [1.807, 2.05) is 30.4 Å². The van der Waals surface area contributed by atoms with Crippen molar-refractivity contribution in [2.24, 2.45) is 0 Å².